The van der Waals surface area contributed by atoms with Gasteiger partial charge < -0.3 is 15.0 Å². The molecule has 1 aromatic heterocycles. The highest BCUT2D eigenvalue weighted by Gasteiger charge is 2.10. The van der Waals surface area contributed by atoms with Gasteiger partial charge in [-0.05, 0) is 43.7 Å². The number of para-hydroxylation sites is 1. The summed E-state index contributed by atoms with van der Waals surface area (Å²) in [6, 6.07) is 18.0. The van der Waals surface area contributed by atoms with Gasteiger partial charge in [0, 0.05) is 24.5 Å². The van der Waals surface area contributed by atoms with E-state index in [2.05, 4.69) is 15.3 Å². The average Bonchev–Trinajstić information content (AvgIpc) is 2.61. The molecule has 0 amide bonds. The summed E-state index contributed by atoms with van der Waals surface area (Å²) < 4.78 is 5.42. The first-order valence-electron chi connectivity index (χ1n) is 8.13. The first kappa shape index (κ1) is 16.8. The molecule has 0 saturated carbocycles. The lowest BCUT2D eigenvalue weighted by atomic mass is 10.2. The molecule has 0 unspecified atom stereocenters. The molecular weight excluding hydrogens is 312 g/mol. The van der Waals surface area contributed by atoms with Crippen LogP contribution in [0.2, 0.25) is 0 Å². The molecule has 0 spiro atoms. The lowest BCUT2D eigenvalue weighted by molar-refractivity contribution is 0.416. The maximum atomic E-state index is 5.42. The van der Waals surface area contributed by atoms with E-state index in [0.29, 0.717) is 5.95 Å². The Morgan fingerprint density at radius 1 is 0.960 bits per heavy atom. The fourth-order valence-electron chi connectivity index (χ4n) is 2.60. The minimum Gasteiger partial charge on any atom is -0.495 e. The predicted octanol–water partition coefficient (Wildman–Crippen LogP) is 4.61. The highest BCUT2D eigenvalue weighted by atomic mass is 16.5. The zero-order valence-electron chi connectivity index (χ0n) is 14.9. The highest BCUT2D eigenvalue weighted by molar-refractivity contribution is 5.66. The summed E-state index contributed by atoms with van der Waals surface area (Å²) in [5.74, 6) is 2.13. The number of benzene rings is 2. The summed E-state index contributed by atoms with van der Waals surface area (Å²) in [4.78, 5) is 11.2. The second-order valence-corrected chi connectivity index (χ2v) is 5.91. The second-order valence-electron chi connectivity index (χ2n) is 5.91. The first-order valence-corrected chi connectivity index (χ1v) is 8.13. The summed E-state index contributed by atoms with van der Waals surface area (Å²) in [7, 11) is 3.65. The molecule has 0 bridgehead atoms. The molecule has 0 aliphatic rings. The molecule has 128 valence electrons. The highest BCUT2D eigenvalue weighted by Crippen LogP contribution is 2.29. The Morgan fingerprint density at radius 2 is 1.72 bits per heavy atom. The largest absolute Gasteiger partial charge is 0.495 e. The Kier molecular flexibility index (Phi) is 4.84. The Hall–Kier alpha value is -3.08. The van der Waals surface area contributed by atoms with Crippen LogP contribution < -0.4 is 15.0 Å². The number of hydrogen-bond acceptors (Lipinski definition) is 5. The average molecular weight is 334 g/mol. The van der Waals surface area contributed by atoms with E-state index in [4.69, 9.17) is 4.74 Å². The van der Waals surface area contributed by atoms with Crippen LogP contribution in [0.15, 0.2) is 54.6 Å². The van der Waals surface area contributed by atoms with Crippen LogP contribution in [0.3, 0.4) is 0 Å². The predicted molar refractivity (Wildman–Crippen MR) is 102 cm³/mol. The van der Waals surface area contributed by atoms with Crippen LogP contribution in [0.5, 0.6) is 5.75 Å². The van der Waals surface area contributed by atoms with Gasteiger partial charge in [0.05, 0.1) is 12.8 Å². The lowest BCUT2D eigenvalue weighted by Crippen LogP contribution is -2.13. The summed E-state index contributed by atoms with van der Waals surface area (Å²) in [5.41, 5.74) is 3.94. The van der Waals surface area contributed by atoms with E-state index in [1.54, 1.807) is 7.11 Å². The van der Waals surface area contributed by atoms with Crippen molar-refractivity contribution in [2.24, 2.45) is 0 Å². The molecule has 5 heteroatoms. The van der Waals surface area contributed by atoms with E-state index in [1.807, 2.05) is 80.4 Å². The van der Waals surface area contributed by atoms with Gasteiger partial charge in [0.15, 0.2) is 0 Å². The maximum Gasteiger partial charge on any atom is 0.229 e. The van der Waals surface area contributed by atoms with E-state index in [1.165, 1.54) is 0 Å². The van der Waals surface area contributed by atoms with Crippen molar-refractivity contribution in [2.45, 2.75) is 13.8 Å². The summed E-state index contributed by atoms with van der Waals surface area (Å²) >= 11 is 0. The summed E-state index contributed by atoms with van der Waals surface area (Å²) in [6.45, 7) is 4.00. The van der Waals surface area contributed by atoms with Gasteiger partial charge in [-0.2, -0.15) is 4.98 Å². The van der Waals surface area contributed by atoms with E-state index < -0.39 is 0 Å². The van der Waals surface area contributed by atoms with Crippen molar-refractivity contribution in [1.29, 1.82) is 0 Å². The molecule has 3 rings (SSSR count). The second kappa shape index (κ2) is 7.21. The summed E-state index contributed by atoms with van der Waals surface area (Å²) in [5, 5.41) is 3.28. The SMILES string of the molecule is COc1ccc(C)cc1Nc1nc(C)cc(N(C)c2ccccc2)n1. The number of nitrogens with one attached hydrogen (secondary N) is 1. The topological polar surface area (TPSA) is 50.3 Å². The number of aryl methyl sites for hydroxylation is 2. The van der Waals surface area contributed by atoms with Crippen molar-refractivity contribution in [3.63, 3.8) is 0 Å². The zero-order valence-corrected chi connectivity index (χ0v) is 14.9. The van der Waals surface area contributed by atoms with Crippen LogP contribution in [-0.4, -0.2) is 24.1 Å². The van der Waals surface area contributed by atoms with E-state index in [9.17, 15) is 0 Å². The van der Waals surface area contributed by atoms with Crippen molar-refractivity contribution in [1.82, 2.24) is 9.97 Å². The van der Waals surface area contributed by atoms with Gasteiger partial charge in [-0.25, -0.2) is 4.98 Å². The fourth-order valence-corrected chi connectivity index (χ4v) is 2.60. The van der Waals surface area contributed by atoms with Crippen molar-refractivity contribution in [3.8, 4) is 5.75 Å². The van der Waals surface area contributed by atoms with Crippen LogP contribution in [0.25, 0.3) is 0 Å². The quantitative estimate of drug-likeness (QED) is 0.738. The molecule has 5 nitrogen and oxygen atoms in total. The molecule has 25 heavy (non-hydrogen) atoms. The molecule has 1 heterocycles. The number of hydrogen-bond donors (Lipinski definition) is 1. The first-order chi connectivity index (χ1) is 12.1. The number of rotatable bonds is 5. The lowest BCUT2D eigenvalue weighted by Gasteiger charge is -2.19. The number of aromatic nitrogens is 2. The Balaban J connectivity index is 1.94. The molecule has 0 aliphatic heterocycles. The third kappa shape index (κ3) is 3.88. The molecule has 0 saturated heterocycles. The number of nitrogens with zero attached hydrogens (tertiary/aromatic N) is 3. The van der Waals surface area contributed by atoms with Crippen LogP contribution in [0.1, 0.15) is 11.3 Å². The van der Waals surface area contributed by atoms with Gasteiger partial charge in [-0.1, -0.05) is 24.3 Å². The van der Waals surface area contributed by atoms with Crippen LogP contribution in [0, 0.1) is 13.8 Å². The smallest absolute Gasteiger partial charge is 0.229 e. The molecule has 0 radical (unpaired) electrons. The van der Waals surface area contributed by atoms with Gasteiger partial charge in [-0.15, -0.1) is 0 Å². The van der Waals surface area contributed by atoms with Gasteiger partial charge in [-0.3, -0.25) is 0 Å². The third-order valence-corrected chi connectivity index (χ3v) is 3.93. The van der Waals surface area contributed by atoms with Crippen molar-refractivity contribution < 1.29 is 4.74 Å². The van der Waals surface area contributed by atoms with Gasteiger partial charge >= 0.3 is 0 Å². The van der Waals surface area contributed by atoms with E-state index >= 15 is 0 Å². The van der Waals surface area contributed by atoms with Crippen LogP contribution in [-0.2, 0) is 0 Å². The van der Waals surface area contributed by atoms with Gasteiger partial charge in [0.2, 0.25) is 5.95 Å². The van der Waals surface area contributed by atoms with Crippen LogP contribution in [0.4, 0.5) is 23.1 Å². The van der Waals surface area contributed by atoms with Gasteiger partial charge in [0.1, 0.15) is 11.6 Å². The molecule has 0 atom stereocenters. The molecule has 1 N–H and O–H groups in total. The summed E-state index contributed by atoms with van der Waals surface area (Å²) in [6.07, 6.45) is 0. The van der Waals surface area contributed by atoms with E-state index in [-0.39, 0.29) is 0 Å². The van der Waals surface area contributed by atoms with Gasteiger partial charge in [0.25, 0.3) is 0 Å². The van der Waals surface area contributed by atoms with E-state index in [0.717, 1.165) is 34.2 Å². The number of anilines is 4. The van der Waals surface area contributed by atoms with Crippen molar-refractivity contribution in [2.75, 3.05) is 24.4 Å². The zero-order chi connectivity index (χ0) is 17.8. The third-order valence-electron chi connectivity index (χ3n) is 3.93. The Labute approximate surface area is 148 Å². The number of methoxy groups -OCH3 is 1. The van der Waals surface area contributed by atoms with Crippen molar-refractivity contribution in [3.05, 3.63) is 65.9 Å². The molecule has 3 aromatic rings. The molecule has 0 aliphatic carbocycles. The fraction of sp³-hybridized carbons (Fsp3) is 0.200. The monoisotopic (exact) mass is 334 g/mol. The molecule has 2 aromatic carbocycles. The van der Waals surface area contributed by atoms with Crippen LogP contribution >= 0.6 is 0 Å². The minimum absolute atomic E-state index is 0.543. The molecular formula is C20H22N4O. The normalized spacial score (nSPS) is 10.4. The Morgan fingerprint density at radius 3 is 2.44 bits per heavy atom. The number of ether oxygens (including phenoxy) is 1. The van der Waals surface area contributed by atoms with Crippen molar-refractivity contribution >= 4 is 23.1 Å². The standard InChI is InChI=1S/C20H22N4O/c1-14-10-11-18(25-4)17(12-14)22-20-21-15(2)13-19(23-20)24(3)16-8-6-5-7-9-16/h5-13H,1-4H3,(H,21,22,23). The maximum absolute atomic E-state index is 5.42. The molecule has 0 fully saturated rings. The minimum atomic E-state index is 0.543. The Bertz CT molecular complexity index is 865.